The van der Waals surface area contributed by atoms with E-state index in [4.69, 9.17) is 5.11 Å². The van der Waals surface area contributed by atoms with Crippen molar-refractivity contribution in [3.05, 3.63) is 33.9 Å². The molecular weight excluding hydrogens is 272 g/mol. The lowest BCUT2D eigenvalue weighted by molar-refractivity contribution is -0.384. The highest BCUT2D eigenvalue weighted by molar-refractivity contribution is 7.84. The molecule has 0 fully saturated rings. The Morgan fingerprint density at radius 3 is 2.74 bits per heavy atom. The second kappa shape index (κ2) is 6.83. The van der Waals surface area contributed by atoms with E-state index in [1.807, 2.05) is 0 Å². The molecule has 8 heteroatoms. The minimum atomic E-state index is -1.23. The largest absolute Gasteiger partial charge is 0.478 e. The quantitative estimate of drug-likeness (QED) is 0.446. The maximum Gasteiger partial charge on any atom is 0.338 e. The van der Waals surface area contributed by atoms with Crippen LogP contribution in [0.1, 0.15) is 16.8 Å². The Balaban J connectivity index is 2.92. The van der Waals surface area contributed by atoms with Crippen molar-refractivity contribution in [1.82, 2.24) is 0 Å². The smallest absolute Gasteiger partial charge is 0.338 e. The van der Waals surface area contributed by atoms with Crippen molar-refractivity contribution >= 4 is 28.1 Å². The van der Waals surface area contributed by atoms with E-state index in [0.717, 1.165) is 0 Å². The van der Waals surface area contributed by atoms with E-state index < -0.39 is 21.7 Å². The van der Waals surface area contributed by atoms with E-state index in [0.29, 0.717) is 18.7 Å². The number of rotatable bonds is 7. The molecule has 0 aliphatic heterocycles. The van der Waals surface area contributed by atoms with Gasteiger partial charge in [0.25, 0.3) is 5.69 Å². The van der Waals surface area contributed by atoms with Crippen molar-refractivity contribution in [2.75, 3.05) is 23.9 Å². The first-order valence-corrected chi connectivity index (χ1v) is 7.20. The Labute approximate surface area is 112 Å². The normalized spacial score (nSPS) is 11.8. The number of hydrogen-bond acceptors (Lipinski definition) is 5. The van der Waals surface area contributed by atoms with Gasteiger partial charge in [-0.2, -0.15) is 0 Å². The molecule has 0 aromatic heterocycles. The third-order valence-corrected chi connectivity index (χ3v) is 3.24. The van der Waals surface area contributed by atoms with Gasteiger partial charge < -0.3 is 10.4 Å². The monoisotopic (exact) mass is 286 g/mol. The molecule has 7 nitrogen and oxygen atoms in total. The summed E-state index contributed by atoms with van der Waals surface area (Å²) < 4.78 is 10.9. The maximum atomic E-state index is 11.0. The molecule has 0 aliphatic rings. The van der Waals surface area contributed by atoms with Gasteiger partial charge >= 0.3 is 5.97 Å². The van der Waals surface area contributed by atoms with Crippen LogP contribution in [-0.2, 0) is 10.8 Å². The number of aromatic carboxylic acids is 1. The van der Waals surface area contributed by atoms with Gasteiger partial charge in [0.2, 0.25) is 0 Å². The maximum absolute atomic E-state index is 11.0. The van der Waals surface area contributed by atoms with Crippen molar-refractivity contribution in [3.63, 3.8) is 0 Å². The standard InChI is InChI=1S/C11H14N2O5S/c1-19(18)7-3-6-12-10-8(11(14)15)4-2-5-9(10)13(16)17/h2,4-5,12H,3,6-7H2,1H3,(H,14,15). The van der Waals surface area contributed by atoms with Crippen molar-refractivity contribution in [3.8, 4) is 0 Å². The summed E-state index contributed by atoms with van der Waals surface area (Å²) >= 11 is 0. The number of carboxylic acid groups (broad SMARTS) is 1. The van der Waals surface area contributed by atoms with Gasteiger partial charge in [0.15, 0.2) is 0 Å². The number of nitro groups is 1. The van der Waals surface area contributed by atoms with Crippen LogP contribution in [0.5, 0.6) is 0 Å². The molecule has 1 aromatic carbocycles. The predicted octanol–water partition coefficient (Wildman–Crippen LogP) is 1.47. The van der Waals surface area contributed by atoms with E-state index >= 15 is 0 Å². The van der Waals surface area contributed by atoms with Gasteiger partial charge in [-0.25, -0.2) is 4.79 Å². The van der Waals surface area contributed by atoms with Crippen LogP contribution < -0.4 is 5.32 Å². The fraction of sp³-hybridized carbons (Fsp3) is 0.364. The Bertz CT molecular complexity index is 486. The zero-order valence-corrected chi connectivity index (χ0v) is 11.1. The third kappa shape index (κ3) is 4.32. The lowest BCUT2D eigenvalue weighted by Gasteiger charge is -2.09. The molecule has 2 N–H and O–H groups in total. The highest BCUT2D eigenvalue weighted by Crippen LogP contribution is 2.28. The number of para-hydroxylation sites is 1. The molecule has 0 saturated carbocycles. The van der Waals surface area contributed by atoms with E-state index in [2.05, 4.69) is 5.32 Å². The molecule has 19 heavy (non-hydrogen) atoms. The number of nitro benzene ring substituents is 1. The van der Waals surface area contributed by atoms with Crippen LogP contribution in [0.25, 0.3) is 0 Å². The predicted molar refractivity (Wildman–Crippen MR) is 72.1 cm³/mol. The van der Waals surface area contributed by atoms with Gasteiger partial charge in [0.1, 0.15) is 5.69 Å². The highest BCUT2D eigenvalue weighted by atomic mass is 32.2. The summed E-state index contributed by atoms with van der Waals surface area (Å²) in [7, 11) is -0.942. The average molecular weight is 286 g/mol. The summed E-state index contributed by atoms with van der Waals surface area (Å²) in [5.74, 6) is -0.777. The second-order valence-electron chi connectivity index (χ2n) is 3.82. The number of nitrogens with zero attached hydrogens (tertiary/aromatic N) is 1. The summed E-state index contributed by atoms with van der Waals surface area (Å²) in [6.07, 6.45) is 2.10. The summed E-state index contributed by atoms with van der Waals surface area (Å²) in [4.78, 5) is 21.3. The molecule has 1 rings (SSSR count). The minimum Gasteiger partial charge on any atom is -0.478 e. The lowest BCUT2D eigenvalue weighted by Crippen LogP contribution is -2.11. The molecule has 0 amide bonds. The molecule has 1 unspecified atom stereocenters. The number of carbonyl (C=O) groups is 1. The van der Waals surface area contributed by atoms with Gasteiger partial charge in [0.05, 0.1) is 10.5 Å². The van der Waals surface area contributed by atoms with E-state index in [-0.39, 0.29) is 16.9 Å². The molecule has 0 bridgehead atoms. The van der Waals surface area contributed by atoms with E-state index in [1.54, 1.807) is 6.26 Å². The molecule has 0 radical (unpaired) electrons. The zero-order chi connectivity index (χ0) is 14.4. The topological polar surface area (TPSA) is 110 Å². The SMILES string of the molecule is CS(=O)CCCNc1c(C(=O)O)cccc1[N+](=O)[O-]. The minimum absolute atomic E-state index is 0.0121. The fourth-order valence-electron chi connectivity index (χ4n) is 1.55. The first kappa shape index (κ1) is 15.1. The van der Waals surface area contributed by atoms with Crippen LogP contribution in [-0.4, -0.2) is 38.8 Å². The third-order valence-electron chi connectivity index (χ3n) is 2.38. The van der Waals surface area contributed by atoms with Crippen LogP contribution in [0.4, 0.5) is 11.4 Å². The van der Waals surface area contributed by atoms with Crippen LogP contribution in [0.15, 0.2) is 18.2 Å². The van der Waals surface area contributed by atoms with E-state index in [9.17, 15) is 19.1 Å². The number of carboxylic acids is 1. The molecular formula is C11H14N2O5S. The molecule has 1 aromatic rings. The molecule has 0 saturated heterocycles. The Hall–Kier alpha value is -1.96. The molecule has 0 aliphatic carbocycles. The molecule has 0 spiro atoms. The van der Waals surface area contributed by atoms with Gasteiger partial charge in [-0.05, 0) is 12.5 Å². The van der Waals surface area contributed by atoms with Crippen LogP contribution in [0, 0.1) is 10.1 Å². The first-order chi connectivity index (χ1) is 8.93. The number of nitrogens with one attached hydrogen (secondary N) is 1. The highest BCUT2D eigenvalue weighted by Gasteiger charge is 2.20. The summed E-state index contributed by atoms with van der Waals surface area (Å²) in [5.41, 5.74) is -0.439. The summed E-state index contributed by atoms with van der Waals surface area (Å²) in [5, 5.41) is 22.6. The number of anilines is 1. The first-order valence-electron chi connectivity index (χ1n) is 5.48. The van der Waals surface area contributed by atoms with Crippen LogP contribution in [0.3, 0.4) is 0 Å². The fourth-order valence-corrected chi connectivity index (χ4v) is 2.10. The van der Waals surface area contributed by atoms with E-state index in [1.165, 1.54) is 18.2 Å². The number of benzene rings is 1. The van der Waals surface area contributed by atoms with Crippen molar-refractivity contribution in [1.29, 1.82) is 0 Å². The van der Waals surface area contributed by atoms with Crippen molar-refractivity contribution in [2.45, 2.75) is 6.42 Å². The molecule has 0 heterocycles. The molecule has 104 valence electrons. The lowest BCUT2D eigenvalue weighted by atomic mass is 10.1. The average Bonchev–Trinajstić information content (AvgIpc) is 2.33. The molecule has 1 atom stereocenters. The van der Waals surface area contributed by atoms with Gasteiger partial charge in [0, 0.05) is 35.4 Å². The second-order valence-corrected chi connectivity index (χ2v) is 5.37. The van der Waals surface area contributed by atoms with Crippen molar-refractivity contribution in [2.24, 2.45) is 0 Å². The number of hydrogen-bond donors (Lipinski definition) is 2. The van der Waals surface area contributed by atoms with Crippen LogP contribution in [0.2, 0.25) is 0 Å². The Morgan fingerprint density at radius 2 is 2.21 bits per heavy atom. The summed E-state index contributed by atoms with van der Waals surface area (Å²) in [6, 6.07) is 3.87. The summed E-state index contributed by atoms with van der Waals surface area (Å²) in [6.45, 7) is 0.324. The van der Waals surface area contributed by atoms with Gasteiger partial charge in [-0.3, -0.25) is 14.3 Å². The van der Waals surface area contributed by atoms with Crippen molar-refractivity contribution < 1.29 is 19.0 Å². The Morgan fingerprint density at radius 1 is 1.53 bits per heavy atom. The van der Waals surface area contributed by atoms with Gasteiger partial charge in [-0.15, -0.1) is 0 Å². The Kier molecular flexibility index (Phi) is 5.43. The van der Waals surface area contributed by atoms with Crippen LogP contribution >= 0.6 is 0 Å². The zero-order valence-electron chi connectivity index (χ0n) is 10.3. The van der Waals surface area contributed by atoms with Gasteiger partial charge in [-0.1, -0.05) is 6.07 Å².